The van der Waals surface area contributed by atoms with Crippen LogP contribution in [0.5, 0.6) is 0 Å². The molecule has 138 valence electrons. The number of hydrogen-bond acceptors (Lipinski definition) is 4. The van der Waals surface area contributed by atoms with Crippen molar-refractivity contribution in [3.63, 3.8) is 0 Å². The number of nitrogens with zero attached hydrogens (tertiary/aromatic N) is 2. The first kappa shape index (κ1) is 19.0. The van der Waals surface area contributed by atoms with Crippen molar-refractivity contribution < 1.29 is 17.6 Å². The minimum Gasteiger partial charge on any atom is -0.302 e. The van der Waals surface area contributed by atoms with Crippen LogP contribution in [0.4, 0.5) is 4.39 Å². The van der Waals surface area contributed by atoms with E-state index in [0.29, 0.717) is 10.3 Å². The van der Waals surface area contributed by atoms with Crippen LogP contribution in [0.1, 0.15) is 5.56 Å². The minimum atomic E-state index is -3.68. The quantitative estimate of drug-likeness (QED) is 0.616. The lowest BCUT2D eigenvalue weighted by molar-refractivity contribution is -0.115. The third kappa shape index (κ3) is 4.51. The minimum absolute atomic E-state index is 0.0177. The fourth-order valence-corrected chi connectivity index (χ4v) is 4.92. The second kappa shape index (κ2) is 7.86. The molecular formula is C19H15FN2O3S2. The van der Waals surface area contributed by atoms with Gasteiger partial charge in [-0.3, -0.25) is 4.79 Å². The summed E-state index contributed by atoms with van der Waals surface area (Å²) in [4.78, 5) is 16.3. The van der Waals surface area contributed by atoms with Crippen LogP contribution in [-0.4, -0.2) is 24.6 Å². The number of carbonyl (C=O) groups is 1. The van der Waals surface area contributed by atoms with Gasteiger partial charge in [-0.05, 0) is 17.7 Å². The summed E-state index contributed by atoms with van der Waals surface area (Å²) in [6.07, 6.45) is 5.34. The number of benzene rings is 2. The van der Waals surface area contributed by atoms with E-state index in [1.807, 2.05) is 0 Å². The lowest BCUT2D eigenvalue weighted by atomic mass is 10.2. The Hall–Kier alpha value is -2.76. The molecule has 0 saturated heterocycles. The maximum atomic E-state index is 14.1. The van der Waals surface area contributed by atoms with Crippen LogP contribution in [0, 0.1) is 18.2 Å². The molecule has 3 aromatic rings. The predicted molar refractivity (Wildman–Crippen MR) is 103 cm³/mol. The Bertz CT molecular complexity index is 1200. The van der Waals surface area contributed by atoms with Crippen molar-refractivity contribution in [3.05, 3.63) is 64.7 Å². The third-order valence-corrected chi connectivity index (χ3v) is 6.20. The molecule has 0 spiro atoms. The van der Waals surface area contributed by atoms with Crippen LogP contribution >= 0.6 is 11.3 Å². The number of terminal acetylenes is 1. The second-order valence-electron chi connectivity index (χ2n) is 5.78. The highest BCUT2D eigenvalue weighted by molar-refractivity contribution is 7.91. The normalized spacial score (nSPS) is 12.2. The van der Waals surface area contributed by atoms with Crippen molar-refractivity contribution in [1.29, 1.82) is 0 Å². The third-order valence-electron chi connectivity index (χ3n) is 3.69. The number of sulfone groups is 1. The molecule has 0 atom stereocenters. The zero-order valence-corrected chi connectivity index (χ0v) is 15.8. The van der Waals surface area contributed by atoms with Gasteiger partial charge in [-0.15, -0.1) is 6.42 Å². The molecule has 0 saturated carbocycles. The molecule has 2 aromatic carbocycles. The number of amides is 1. The second-order valence-corrected chi connectivity index (χ2v) is 8.86. The van der Waals surface area contributed by atoms with E-state index in [-0.39, 0.29) is 22.6 Å². The highest BCUT2D eigenvalue weighted by atomic mass is 32.2. The summed E-state index contributed by atoms with van der Waals surface area (Å²) in [5, 5.41) is 0. The molecular weight excluding hydrogens is 387 g/mol. The monoisotopic (exact) mass is 402 g/mol. The van der Waals surface area contributed by atoms with Crippen LogP contribution in [-0.2, 0) is 26.9 Å². The van der Waals surface area contributed by atoms with Crippen LogP contribution in [0.3, 0.4) is 0 Å². The van der Waals surface area contributed by atoms with Crippen LogP contribution in [0.2, 0.25) is 0 Å². The van der Waals surface area contributed by atoms with Crippen LogP contribution in [0.15, 0.2) is 53.5 Å². The predicted octanol–water partition coefficient (Wildman–Crippen LogP) is 2.52. The molecule has 0 bridgehead atoms. The summed E-state index contributed by atoms with van der Waals surface area (Å²) in [5.41, 5.74) is 0.843. The summed E-state index contributed by atoms with van der Waals surface area (Å²) in [7, 11) is -3.68. The standard InChI is InChI=1S/C19H15FN2O3S2/c1-2-11-22-18-15(20)9-6-10-16(18)26-19(22)21-17(23)13-27(24,25)12-14-7-4-3-5-8-14/h1,3-10H,11-13H2. The van der Waals surface area contributed by atoms with Gasteiger partial charge >= 0.3 is 0 Å². The van der Waals surface area contributed by atoms with E-state index in [9.17, 15) is 17.6 Å². The number of carbonyl (C=O) groups excluding carboxylic acids is 1. The summed E-state index contributed by atoms with van der Waals surface area (Å²) < 4.78 is 40.6. The number of fused-ring (bicyclic) bond motifs is 1. The molecule has 0 unspecified atom stereocenters. The molecule has 0 aliphatic heterocycles. The summed E-state index contributed by atoms with van der Waals surface area (Å²) in [5.74, 6) is 0.123. The van der Waals surface area contributed by atoms with Gasteiger partial charge < -0.3 is 4.57 Å². The lowest BCUT2D eigenvalue weighted by Gasteiger charge is -2.02. The summed E-state index contributed by atoms with van der Waals surface area (Å²) in [6.45, 7) is 0.0177. The molecule has 27 heavy (non-hydrogen) atoms. The van der Waals surface area contributed by atoms with E-state index >= 15 is 0 Å². The van der Waals surface area contributed by atoms with Crippen molar-refractivity contribution in [1.82, 2.24) is 4.57 Å². The Morgan fingerprint density at radius 2 is 1.93 bits per heavy atom. The van der Waals surface area contributed by atoms with Gasteiger partial charge in [0.15, 0.2) is 14.6 Å². The van der Waals surface area contributed by atoms with Crippen molar-refractivity contribution in [2.75, 3.05) is 5.75 Å². The van der Waals surface area contributed by atoms with E-state index < -0.39 is 27.3 Å². The van der Waals surface area contributed by atoms with E-state index in [1.165, 1.54) is 10.6 Å². The van der Waals surface area contributed by atoms with Crippen molar-refractivity contribution in [2.45, 2.75) is 12.3 Å². The van der Waals surface area contributed by atoms with Crippen molar-refractivity contribution >= 4 is 37.3 Å². The number of aromatic nitrogens is 1. The van der Waals surface area contributed by atoms with Gasteiger partial charge in [0.25, 0.3) is 5.91 Å². The maximum Gasteiger partial charge on any atom is 0.263 e. The van der Waals surface area contributed by atoms with Crippen molar-refractivity contribution in [2.24, 2.45) is 4.99 Å². The maximum absolute atomic E-state index is 14.1. The van der Waals surface area contributed by atoms with E-state index in [2.05, 4.69) is 10.9 Å². The average Bonchev–Trinajstić information content (AvgIpc) is 2.93. The molecule has 1 aromatic heterocycles. The molecule has 3 rings (SSSR count). The number of hydrogen-bond donors (Lipinski definition) is 0. The first-order valence-corrected chi connectivity index (χ1v) is 10.6. The van der Waals surface area contributed by atoms with E-state index in [0.717, 1.165) is 11.3 Å². The number of para-hydroxylation sites is 1. The van der Waals surface area contributed by atoms with Crippen LogP contribution in [0.25, 0.3) is 10.2 Å². The fourth-order valence-electron chi connectivity index (χ4n) is 2.62. The van der Waals surface area contributed by atoms with E-state index in [4.69, 9.17) is 6.42 Å². The Kier molecular flexibility index (Phi) is 5.54. The first-order valence-electron chi connectivity index (χ1n) is 7.93. The average molecular weight is 402 g/mol. The summed E-state index contributed by atoms with van der Waals surface area (Å²) >= 11 is 1.08. The molecule has 0 N–H and O–H groups in total. The van der Waals surface area contributed by atoms with Gasteiger partial charge in [0.05, 0.1) is 22.5 Å². The molecule has 0 aliphatic rings. The molecule has 8 heteroatoms. The largest absolute Gasteiger partial charge is 0.302 e. The Morgan fingerprint density at radius 1 is 1.19 bits per heavy atom. The first-order chi connectivity index (χ1) is 12.9. The number of halogens is 1. The molecule has 0 fully saturated rings. The molecule has 1 amide bonds. The lowest BCUT2D eigenvalue weighted by Crippen LogP contribution is -2.21. The van der Waals surface area contributed by atoms with Crippen LogP contribution < -0.4 is 4.80 Å². The van der Waals surface area contributed by atoms with E-state index in [1.54, 1.807) is 42.5 Å². The molecule has 1 heterocycles. The SMILES string of the molecule is C#CCn1c(=NC(=O)CS(=O)(=O)Cc2ccccc2)sc2cccc(F)c21. The zero-order valence-electron chi connectivity index (χ0n) is 14.1. The smallest absolute Gasteiger partial charge is 0.263 e. The molecule has 0 aliphatic carbocycles. The molecule has 5 nitrogen and oxygen atoms in total. The van der Waals surface area contributed by atoms with Gasteiger partial charge in [0.2, 0.25) is 0 Å². The van der Waals surface area contributed by atoms with Gasteiger partial charge in [-0.2, -0.15) is 4.99 Å². The Labute approximate surface area is 159 Å². The van der Waals surface area contributed by atoms with Gasteiger partial charge in [-0.1, -0.05) is 53.7 Å². The number of thiazole rings is 1. The van der Waals surface area contributed by atoms with Gasteiger partial charge in [-0.25, -0.2) is 12.8 Å². The van der Waals surface area contributed by atoms with Crippen molar-refractivity contribution in [3.8, 4) is 12.3 Å². The fraction of sp³-hybridized carbons (Fsp3) is 0.158. The summed E-state index contributed by atoms with van der Waals surface area (Å²) in [6, 6.07) is 13.1. The topological polar surface area (TPSA) is 68.5 Å². The highest BCUT2D eigenvalue weighted by Gasteiger charge is 2.18. The Morgan fingerprint density at radius 3 is 2.63 bits per heavy atom. The molecule has 0 radical (unpaired) electrons. The van der Waals surface area contributed by atoms with Gasteiger partial charge in [0.1, 0.15) is 11.6 Å². The van der Waals surface area contributed by atoms with Gasteiger partial charge in [0, 0.05) is 0 Å². The zero-order chi connectivity index (χ0) is 19.4. The Balaban J connectivity index is 1.92. The highest BCUT2D eigenvalue weighted by Crippen LogP contribution is 2.20. The number of rotatable bonds is 5.